The minimum absolute atomic E-state index is 0.0496. The number of hydrogen-bond acceptors (Lipinski definition) is 5. The van der Waals surface area contributed by atoms with Crippen LogP contribution in [0.5, 0.6) is 0 Å². The van der Waals surface area contributed by atoms with Gasteiger partial charge in [0.1, 0.15) is 0 Å². The van der Waals surface area contributed by atoms with Crippen molar-refractivity contribution in [1.29, 1.82) is 0 Å². The third kappa shape index (κ3) is 2.18. The van der Waals surface area contributed by atoms with E-state index in [0.29, 0.717) is 19.0 Å². The number of hydrogen-bond donors (Lipinski definition) is 1. The summed E-state index contributed by atoms with van der Waals surface area (Å²) in [6.45, 7) is 3.24. The molecule has 0 radical (unpaired) electrons. The van der Waals surface area contributed by atoms with E-state index in [1.54, 1.807) is 4.90 Å². The van der Waals surface area contributed by atoms with Crippen molar-refractivity contribution in [1.82, 2.24) is 14.9 Å². The molecule has 134 valence electrons. The lowest BCUT2D eigenvalue weighted by Gasteiger charge is -2.43. The van der Waals surface area contributed by atoms with Crippen molar-refractivity contribution in [2.45, 2.75) is 44.9 Å². The summed E-state index contributed by atoms with van der Waals surface area (Å²) < 4.78 is 0. The summed E-state index contributed by atoms with van der Waals surface area (Å²) in [6, 6.07) is 6.09. The normalized spacial score (nSPS) is 23.9. The van der Waals surface area contributed by atoms with Crippen molar-refractivity contribution in [2.75, 3.05) is 18.5 Å². The van der Waals surface area contributed by atoms with Crippen LogP contribution in [0.3, 0.4) is 0 Å². The number of amides is 1. The lowest BCUT2D eigenvalue weighted by Crippen LogP contribution is -2.59. The SMILES string of the molecule is C[C@H]1[C@H](O)CN1c1nc2c(c(-c3ccc4c(c3)CN(C)C4=O)n1)CCC2. The maximum absolute atomic E-state index is 12.2. The number of aryl methyl sites for hydroxylation is 1. The van der Waals surface area contributed by atoms with Crippen molar-refractivity contribution in [3.8, 4) is 11.3 Å². The molecule has 26 heavy (non-hydrogen) atoms. The minimum Gasteiger partial charge on any atom is -0.389 e. The van der Waals surface area contributed by atoms with Crippen LogP contribution in [0, 0.1) is 0 Å². The zero-order chi connectivity index (χ0) is 18.0. The van der Waals surface area contributed by atoms with Gasteiger partial charge in [-0.3, -0.25) is 4.79 Å². The highest BCUT2D eigenvalue weighted by Gasteiger charge is 2.37. The van der Waals surface area contributed by atoms with E-state index in [-0.39, 0.29) is 18.1 Å². The first kappa shape index (κ1) is 15.8. The Hall–Kier alpha value is -2.47. The highest BCUT2D eigenvalue weighted by molar-refractivity contribution is 5.98. The van der Waals surface area contributed by atoms with Gasteiger partial charge in [-0.15, -0.1) is 0 Å². The van der Waals surface area contributed by atoms with E-state index < -0.39 is 0 Å². The number of aromatic nitrogens is 2. The highest BCUT2D eigenvalue weighted by atomic mass is 16.3. The summed E-state index contributed by atoms with van der Waals surface area (Å²) in [7, 11) is 1.83. The topological polar surface area (TPSA) is 69.6 Å². The van der Waals surface area contributed by atoms with Gasteiger partial charge >= 0.3 is 0 Å². The Morgan fingerprint density at radius 3 is 2.85 bits per heavy atom. The van der Waals surface area contributed by atoms with Crippen molar-refractivity contribution < 1.29 is 9.90 Å². The average Bonchev–Trinajstić information content (AvgIpc) is 3.22. The molecule has 1 amide bonds. The molecule has 2 atom stereocenters. The molecule has 0 unspecified atom stereocenters. The number of anilines is 1. The predicted octanol–water partition coefficient (Wildman–Crippen LogP) is 1.79. The van der Waals surface area contributed by atoms with Gasteiger partial charge in [-0.1, -0.05) is 6.07 Å². The van der Waals surface area contributed by atoms with E-state index in [1.165, 1.54) is 5.56 Å². The van der Waals surface area contributed by atoms with Crippen LogP contribution in [-0.4, -0.2) is 51.6 Å². The van der Waals surface area contributed by atoms with Crippen LogP contribution < -0.4 is 4.90 Å². The fourth-order valence-corrected chi connectivity index (χ4v) is 4.25. The van der Waals surface area contributed by atoms with Crippen molar-refractivity contribution in [3.63, 3.8) is 0 Å². The summed E-state index contributed by atoms with van der Waals surface area (Å²) in [6.07, 6.45) is 2.77. The number of rotatable bonds is 2. The van der Waals surface area contributed by atoms with Crippen LogP contribution in [0.25, 0.3) is 11.3 Å². The lowest BCUT2D eigenvalue weighted by molar-refractivity contribution is 0.0816. The van der Waals surface area contributed by atoms with Crippen molar-refractivity contribution in [3.05, 3.63) is 40.6 Å². The van der Waals surface area contributed by atoms with E-state index in [2.05, 4.69) is 11.0 Å². The second-order valence-electron chi connectivity index (χ2n) is 7.64. The molecule has 1 aromatic heterocycles. The number of fused-ring (bicyclic) bond motifs is 2. The van der Waals surface area contributed by atoms with Gasteiger partial charge in [0.2, 0.25) is 5.95 Å². The number of aliphatic hydroxyl groups is 1. The largest absolute Gasteiger partial charge is 0.389 e. The molecule has 1 fully saturated rings. The third-order valence-electron chi connectivity index (χ3n) is 5.97. The molecule has 6 nitrogen and oxygen atoms in total. The molecule has 1 N–H and O–H groups in total. The summed E-state index contributed by atoms with van der Waals surface area (Å²) >= 11 is 0. The van der Waals surface area contributed by atoms with Crippen LogP contribution in [0.1, 0.15) is 40.5 Å². The number of carbonyl (C=O) groups excluding carboxylic acids is 1. The fraction of sp³-hybridized carbons (Fsp3) is 0.450. The molecular formula is C20H22N4O2. The van der Waals surface area contributed by atoms with Crippen LogP contribution in [0.2, 0.25) is 0 Å². The molecule has 1 aliphatic carbocycles. The predicted molar refractivity (Wildman–Crippen MR) is 98.1 cm³/mol. The van der Waals surface area contributed by atoms with Crippen molar-refractivity contribution in [2.24, 2.45) is 0 Å². The van der Waals surface area contributed by atoms with Gasteiger partial charge in [-0.25, -0.2) is 9.97 Å². The molecule has 1 aromatic carbocycles. The van der Waals surface area contributed by atoms with Crippen LogP contribution in [0.15, 0.2) is 18.2 Å². The Kier molecular flexibility index (Phi) is 3.34. The molecule has 1 saturated heterocycles. The zero-order valence-electron chi connectivity index (χ0n) is 15.1. The monoisotopic (exact) mass is 350 g/mol. The quantitative estimate of drug-likeness (QED) is 0.894. The van der Waals surface area contributed by atoms with E-state index in [0.717, 1.165) is 47.3 Å². The molecule has 0 bridgehead atoms. The maximum Gasteiger partial charge on any atom is 0.254 e. The second kappa shape index (κ2) is 5.51. The Labute approximate surface area is 152 Å². The third-order valence-corrected chi connectivity index (χ3v) is 5.97. The summed E-state index contributed by atoms with van der Waals surface area (Å²) in [4.78, 5) is 25.6. The minimum atomic E-state index is -0.308. The molecular weight excluding hydrogens is 328 g/mol. The van der Waals surface area contributed by atoms with Crippen LogP contribution >= 0.6 is 0 Å². The van der Waals surface area contributed by atoms with Gasteiger partial charge in [0.25, 0.3) is 5.91 Å². The number of aliphatic hydroxyl groups excluding tert-OH is 1. The first-order chi connectivity index (χ1) is 12.5. The lowest BCUT2D eigenvalue weighted by atomic mass is 10.00. The van der Waals surface area contributed by atoms with Gasteiger partial charge in [0.15, 0.2) is 0 Å². The number of β-amino-alcohol motifs (C(OH)–C–C–N with tert-alkyl or cyclic N) is 1. The van der Waals surface area contributed by atoms with Gasteiger partial charge < -0.3 is 14.9 Å². The maximum atomic E-state index is 12.2. The van der Waals surface area contributed by atoms with E-state index in [9.17, 15) is 9.90 Å². The molecule has 5 rings (SSSR count). The van der Waals surface area contributed by atoms with Gasteiger partial charge in [-0.2, -0.15) is 0 Å². The van der Waals surface area contributed by atoms with Gasteiger partial charge in [0.05, 0.1) is 17.8 Å². The Balaban J connectivity index is 1.60. The van der Waals surface area contributed by atoms with Crippen LogP contribution in [0.4, 0.5) is 5.95 Å². The molecule has 6 heteroatoms. The molecule has 2 aliphatic heterocycles. The van der Waals surface area contributed by atoms with Gasteiger partial charge in [0, 0.05) is 42.5 Å². The molecule has 0 saturated carbocycles. The smallest absolute Gasteiger partial charge is 0.254 e. The Morgan fingerprint density at radius 1 is 1.23 bits per heavy atom. The first-order valence-corrected chi connectivity index (χ1v) is 9.26. The summed E-state index contributed by atoms with van der Waals surface area (Å²) in [5.41, 5.74) is 6.27. The average molecular weight is 350 g/mol. The number of carbonyl (C=O) groups is 1. The highest BCUT2D eigenvalue weighted by Crippen LogP contribution is 2.35. The molecule has 2 aromatic rings. The van der Waals surface area contributed by atoms with Gasteiger partial charge in [-0.05, 0) is 43.9 Å². The van der Waals surface area contributed by atoms with E-state index >= 15 is 0 Å². The Bertz CT molecular complexity index is 926. The zero-order valence-corrected chi connectivity index (χ0v) is 15.1. The van der Waals surface area contributed by atoms with E-state index in [4.69, 9.17) is 9.97 Å². The number of nitrogens with zero attached hydrogens (tertiary/aromatic N) is 4. The molecule has 3 aliphatic rings. The summed E-state index contributed by atoms with van der Waals surface area (Å²) in [5.74, 6) is 0.802. The molecule has 0 spiro atoms. The standard InChI is InChI=1S/C20H22N4O2/c1-11-17(25)10-24(11)20-21-16-5-3-4-15(16)18(22-20)12-6-7-14-13(8-12)9-23(2)19(14)26/h6-8,11,17,25H,3-5,9-10H2,1-2H3/t11-,17+/m0/s1. The van der Waals surface area contributed by atoms with E-state index in [1.807, 2.05) is 26.1 Å². The number of benzene rings is 1. The van der Waals surface area contributed by atoms with Crippen molar-refractivity contribution >= 4 is 11.9 Å². The van der Waals surface area contributed by atoms with Crippen LogP contribution in [-0.2, 0) is 19.4 Å². The Morgan fingerprint density at radius 2 is 2.08 bits per heavy atom. The second-order valence-corrected chi connectivity index (χ2v) is 7.64. The fourth-order valence-electron chi connectivity index (χ4n) is 4.25. The first-order valence-electron chi connectivity index (χ1n) is 9.26. The molecule has 3 heterocycles. The summed E-state index contributed by atoms with van der Waals surface area (Å²) in [5, 5.41) is 9.85.